The van der Waals surface area contributed by atoms with E-state index in [4.69, 9.17) is 9.47 Å². The first-order valence-electron chi connectivity index (χ1n) is 10.1. The van der Waals surface area contributed by atoms with Crippen molar-refractivity contribution in [2.75, 3.05) is 39.2 Å². The Bertz CT molecular complexity index is 965. The summed E-state index contributed by atoms with van der Waals surface area (Å²) in [7, 11) is 4.98. The number of rotatable bonds is 4. The predicted octanol–water partition coefficient (Wildman–Crippen LogP) is 2.26. The Hall–Kier alpha value is -3.23. The summed E-state index contributed by atoms with van der Waals surface area (Å²) in [6.07, 6.45) is 2.71. The van der Waals surface area contributed by atoms with Crippen molar-refractivity contribution in [1.29, 1.82) is 0 Å². The number of nitrogens with zero attached hydrogens (tertiary/aromatic N) is 4. The van der Waals surface area contributed by atoms with E-state index in [1.807, 2.05) is 11.9 Å². The van der Waals surface area contributed by atoms with Crippen molar-refractivity contribution in [3.8, 4) is 11.5 Å². The lowest BCUT2D eigenvalue weighted by Crippen LogP contribution is -2.40. The maximum atomic E-state index is 12.9. The van der Waals surface area contributed by atoms with Gasteiger partial charge in [0.05, 0.1) is 26.5 Å². The summed E-state index contributed by atoms with van der Waals surface area (Å²) in [6.45, 7) is 2.44. The molecule has 2 aromatic rings. The normalized spacial score (nSPS) is 15.7. The van der Waals surface area contributed by atoms with Crippen LogP contribution in [0.2, 0.25) is 0 Å². The summed E-state index contributed by atoms with van der Waals surface area (Å²) in [6, 6.07) is 4.99. The molecule has 1 fully saturated rings. The molecular formula is C21H27N5O4. The number of methoxy groups -OCH3 is 2. The quantitative estimate of drug-likeness (QED) is 0.831. The molecule has 0 saturated carbocycles. The number of benzene rings is 1. The van der Waals surface area contributed by atoms with Gasteiger partial charge in [0.25, 0.3) is 5.91 Å². The van der Waals surface area contributed by atoms with Crippen LogP contribution in [0.3, 0.4) is 0 Å². The van der Waals surface area contributed by atoms with Gasteiger partial charge in [-0.1, -0.05) is 0 Å². The van der Waals surface area contributed by atoms with Crippen LogP contribution in [0.1, 0.15) is 34.6 Å². The minimum absolute atomic E-state index is 0.0385. The van der Waals surface area contributed by atoms with Gasteiger partial charge >= 0.3 is 6.03 Å². The smallest absolute Gasteiger partial charge is 0.322 e. The number of urea groups is 1. The van der Waals surface area contributed by atoms with Crippen molar-refractivity contribution in [2.45, 2.75) is 25.8 Å². The lowest BCUT2D eigenvalue weighted by molar-refractivity contribution is 0.0784. The lowest BCUT2D eigenvalue weighted by atomic mass is 10.0. The van der Waals surface area contributed by atoms with Crippen LogP contribution in [-0.4, -0.2) is 65.4 Å². The molecule has 30 heavy (non-hydrogen) atoms. The monoisotopic (exact) mass is 413 g/mol. The molecule has 1 saturated heterocycles. The molecule has 0 radical (unpaired) electrons. The van der Waals surface area contributed by atoms with Gasteiger partial charge in [0.2, 0.25) is 0 Å². The highest BCUT2D eigenvalue weighted by Crippen LogP contribution is 2.30. The third-order valence-electron chi connectivity index (χ3n) is 5.78. The van der Waals surface area contributed by atoms with Crippen LogP contribution in [0.15, 0.2) is 18.2 Å². The molecule has 1 aromatic carbocycles. The number of ether oxygens (including phenoxy) is 2. The van der Waals surface area contributed by atoms with Crippen LogP contribution in [-0.2, 0) is 20.0 Å². The van der Waals surface area contributed by atoms with Crippen LogP contribution in [0.4, 0.5) is 10.5 Å². The summed E-state index contributed by atoms with van der Waals surface area (Å²) in [5.74, 6) is 1.13. The largest absolute Gasteiger partial charge is 0.497 e. The molecule has 0 atom stereocenters. The molecule has 0 unspecified atom stereocenters. The topological polar surface area (TPSA) is 88.9 Å². The fraction of sp³-hybridized carbons (Fsp3) is 0.476. The van der Waals surface area contributed by atoms with Crippen molar-refractivity contribution in [3.63, 3.8) is 0 Å². The first-order valence-corrected chi connectivity index (χ1v) is 10.1. The second-order valence-corrected chi connectivity index (χ2v) is 7.56. The highest BCUT2D eigenvalue weighted by molar-refractivity contribution is 5.95. The third kappa shape index (κ3) is 3.67. The maximum absolute atomic E-state index is 12.9. The van der Waals surface area contributed by atoms with Crippen molar-refractivity contribution >= 4 is 17.6 Å². The number of likely N-dealkylation sites (tertiary alicyclic amines) is 1. The molecular weight excluding hydrogens is 386 g/mol. The zero-order valence-corrected chi connectivity index (χ0v) is 17.6. The van der Waals surface area contributed by atoms with Crippen LogP contribution < -0.4 is 14.8 Å². The van der Waals surface area contributed by atoms with Crippen molar-refractivity contribution in [3.05, 3.63) is 35.2 Å². The number of aryl methyl sites for hydroxylation is 1. The number of carbonyl (C=O) groups excluding carboxylic acids is 2. The van der Waals surface area contributed by atoms with Gasteiger partial charge in [-0.2, -0.15) is 5.10 Å². The zero-order chi connectivity index (χ0) is 21.3. The SMILES string of the molecule is COc1ccc(NC(=O)N2CCc3c(c(C(=O)N4CCCC4)nn3C)C2)c(OC)c1. The Labute approximate surface area is 175 Å². The summed E-state index contributed by atoms with van der Waals surface area (Å²) in [5, 5.41) is 7.40. The van der Waals surface area contributed by atoms with E-state index in [0.717, 1.165) is 37.2 Å². The molecule has 0 spiro atoms. The second kappa shape index (κ2) is 8.25. The third-order valence-corrected chi connectivity index (χ3v) is 5.78. The highest BCUT2D eigenvalue weighted by atomic mass is 16.5. The molecule has 160 valence electrons. The van der Waals surface area contributed by atoms with Gasteiger partial charge in [-0.25, -0.2) is 4.79 Å². The average Bonchev–Trinajstić information content (AvgIpc) is 3.42. The fourth-order valence-corrected chi connectivity index (χ4v) is 4.10. The van der Waals surface area contributed by atoms with Gasteiger partial charge in [-0.05, 0) is 25.0 Å². The molecule has 9 heteroatoms. The Morgan fingerprint density at radius 3 is 2.53 bits per heavy atom. The van der Waals surface area contributed by atoms with Crippen molar-refractivity contribution < 1.29 is 19.1 Å². The molecule has 3 heterocycles. The zero-order valence-electron chi connectivity index (χ0n) is 17.6. The Balaban J connectivity index is 1.52. The molecule has 4 rings (SSSR count). The van der Waals surface area contributed by atoms with E-state index < -0.39 is 0 Å². The van der Waals surface area contributed by atoms with E-state index >= 15 is 0 Å². The number of amides is 3. The lowest BCUT2D eigenvalue weighted by Gasteiger charge is -2.28. The number of carbonyl (C=O) groups is 2. The molecule has 1 aromatic heterocycles. The van der Waals surface area contributed by atoms with Gasteiger partial charge in [-0.15, -0.1) is 0 Å². The summed E-state index contributed by atoms with van der Waals surface area (Å²) in [4.78, 5) is 29.4. The van der Waals surface area contributed by atoms with Gasteiger partial charge < -0.3 is 24.6 Å². The molecule has 0 aliphatic carbocycles. The Morgan fingerprint density at radius 2 is 1.83 bits per heavy atom. The molecule has 1 N–H and O–H groups in total. The average molecular weight is 413 g/mol. The van der Waals surface area contributed by atoms with Crippen LogP contribution >= 0.6 is 0 Å². The van der Waals surface area contributed by atoms with E-state index in [9.17, 15) is 9.59 Å². The minimum atomic E-state index is -0.243. The number of hydrogen-bond acceptors (Lipinski definition) is 5. The van der Waals surface area contributed by atoms with Crippen LogP contribution in [0, 0.1) is 0 Å². The molecule has 3 amide bonds. The minimum Gasteiger partial charge on any atom is -0.497 e. The van der Waals surface area contributed by atoms with Crippen LogP contribution in [0.25, 0.3) is 0 Å². The molecule has 0 bridgehead atoms. The van der Waals surface area contributed by atoms with Gasteiger partial charge in [0, 0.05) is 50.4 Å². The van der Waals surface area contributed by atoms with E-state index in [-0.39, 0.29) is 11.9 Å². The molecule has 9 nitrogen and oxygen atoms in total. The number of aromatic nitrogens is 2. The van der Waals surface area contributed by atoms with E-state index in [1.165, 1.54) is 0 Å². The maximum Gasteiger partial charge on any atom is 0.322 e. The highest BCUT2D eigenvalue weighted by Gasteiger charge is 2.32. The Kier molecular flexibility index (Phi) is 5.52. The van der Waals surface area contributed by atoms with Gasteiger partial charge in [-0.3, -0.25) is 9.48 Å². The van der Waals surface area contributed by atoms with E-state index in [1.54, 1.807) is 42.0 Å². The van der Waals surface area contributed by atoms with E-state index in [2.05, 4.69) is 10.4 Å². The fourth-order valence-electron chi connectivity index (χ4n) is 4.10. The predicted molar refractivity (Wildman–Crippen MR) is 111 cm³/mol. The first-order chi connectivity index (χ1) is 14.5. The standard InChI is InChI=1S/C21H27N5O4/c1-24-17-8-11-26(13-15(17)19(23-24)20(27)25-9-4-5-10-25)21(28)22-16-7-6-14(29-2)12-18(16)30-3/h6-7,12H,4-5,8-11,13H2,1-3H3,(H,22,28). The number of hydrogen-bond donors (Lipinski definition) is 1. The first kappa shape index (κ1) is 20.1. The van der Waals surface area contributed by atoms with Gasteiger partial charge in [0.1, 0.15) is 11.5 Å². The molecule has 2 aliphatic rings. The number of anilines is 1. The van der Waals surface area contributed by atoms with Crippen molar-refractivity contribution in [2.24, 2.45) is 7.05 Å². The van der Waals surface area contributed by atoms with E-state index in [0.29, 0.717) is 42.4 Å². The van der Waals surface area contributed by atoms with Gasteiger partial charge in [0.15, 0.2) is 5.69 Å². The Morgan fingerprint density at radius 1 is 1.07 bits per heavy atom. The summed E-state index contributed by atoms with van der Waals surface area (Å²) < 4.78 is 12.3. The number of nitrogens with one attached hydrogen (secondary N) is 1. The second-order valence-electron chi connectivity index (χ2n) is 7.56. The van der Waals surface area contributed by atoms with Crippen LogP contribution in [0.5, 0.6) is 11.5 Å². The molecule has 2 aliphatic heterocycles. The number of fused-ring (bicyclic) bond motifs is 1. The summed E-state index contributed by atoms with van der Waals surface area (Å²) >= 11 is 0. The van der Waals surface area contributed by atoms with Crippen molar-refractivity contribution in [1.82, 2.24) is 19.6 Å². The summed E-state index contributed by atoms with van der Waals surface area (Å²) in [5.41, 5.74) is 2.89.